The highest BCUT2D eigenvalue weighted by molar-refractivity contribution is 7.92. The lowest BCUT2D eigenvalue weighted by Gasteiger charge is -2.14. The van der Waals surface area contributed by atoms with E-state index >= 15 is 0 Å². The van der Waals surface area contributed by atoms with Crippen molar-refractivity contribution >= 4 is 27.3 Å². The maximum Gasteiger partial charge on any atom is 0.262 e. The summed E-state index contributed by atoms with van der Waals surface area (Å²) in [5.41, 5.74) is 1.80. The van der Waals surface area contributed by atoms with E-state index in [0.717, 1.165) is 5.56 Å². The maximum absolute atomic E-state index is 12.5. The molecule has 0 aliphatic heterocycles. The number of methoxy groups -OCH3 is 1. The number of benzene rings is 2. The van der Waals surface area contributed by atoms with E-state index in [2.05, 4.69) is 4.72 Å². The lowest BCUT2D eigenvalue weighted by Crippen LogP contribution is -2.15. The molecule has 0 spiro atoms. The Morgan fingerprint density at radius 3 is 2.38 bits per heavy atom. The van der Waals surface area contributed by atoms with E-state index in [0.29, 0.717) is 22.0 Å². The number of sulfonamides is 1. The van der Waals surface area contributed by atoms with Gasteiger partial charge in [0, 0.05) is 11.1 Å². The van der Waals surface area contributed by atoms with Crippen molar-refractivity contribution in [1.29, 1.82) is 0 Å². The zero-order chi connectivity index (χ0) is 15.6. The molecule has 0 unspecified atom stereocenters. The lowest BCUT2D eigenvalue weighted by atomic mass is 10.2. The number of anilines is 1. The first-order valence-electron chi connectivity index (χ1n) is 6.27. The third-order valence-corrected chi connectivity index (χ3v) is 5.04. The van der Waals surface area contributed by atoms with Gasteiger partial charge in [-0.3, -0.25) is 4.72 Å². The summed E-state index contributed by atoms with van der Waals surface area (Å²) in [5, 5.41) is 0.519. The molecule has 4 nitrogen and oxygen atoms in total. The van der Waals surface area contributed by atoms with E-state index in [-0.39, 0.29) is 4.90 Å². The van der Waals surface area contributed by atoms with Crippen molar-refractivity contribution in [1.82, 2.24) is 0 Å². The largest absolute Gasteiger partial charge is 0.495 e. The third-order valence-electron chi connectivity index (χ3n) is 3.11. The van der Waals surface area contributed by atoms with Gasteiger partial charge in [-0.2, -0.15) is 0 Å². The van der Waals surface area contributed by atoms with E-state index in [1.807, 2.05) is 0 Å². The highest BCUT2D eigenvalue weighted by Gasteiger charge is 2.19. The van der Waals surface area contributed by atoms with Gasteiger partial charge in [0.25, 0.3) is 10.0 Å². The van der Waals surface area contributed by atoms with Crippen LogP contribution < -0.4 is 9.46 Å². The zero-order valence-corrected chi connectivity index (χ0v) is 13.5. The molecule has 0 heterocycles. The van der Waals surface area contributed by atoms with Gasteiger partial charge in [0.05, 0.1) is 17.7 Å². The monoisotopic (exact) mass is 325 g/mol. The summed E-state index contributed by atoms with van der Waals surface area (Å²) in [6.45, 7) is 3.55. The van der Waals surface area contributed by atoms with Crippen molar-refractivity contribution < 1.29 is 13.2 Å². The Morgan fingerprint density at radius 2 is 1.76 bits per heavy atom. The van der Waals surface area contributed by atoms with Crippen molar-refractivity contribution in [2.24, 2.45) is 0 Å². The molecule has 0 atom stereocenters. The molecule has 0 saturated heterocycles. The van der Waals surface area contributed by atoms with E-state index in [1.54, 1.807) is 50.2 Å². The number of hydrogen-bond acceptors (Lipinski definition) is 3. The van der Waals surface area contributed by atoms with Crippen molar-refractivity contribution in [2.45, 2.75) is 18.7 Å². The second-order valence-electron chi connectivity index (χ2n) is 4.67. The number of hydrogen-bond donors (Lipinski definition) is 1. The first kappa shape index (κ1) is 15.7. The summed E-state index contributed by atoms with van der Waals surface area (Å²) in [4.78, 5) is 0.236. The van der Waals surface area contributed by atoms with Gasteiger partial charge >= 0.3 is 0 Å². The van der Waals surface area contributed by atoms with Gasteiger partial charge in [-0.15, -0.1) is 0 Å². The topological polar surface area (TPSA) is 55.4 Å². The highest BCUT2D eigenvalue weighted by atomic mass is 35.5. The van der Waals surface area contributed by atoms with E-state index < -0.39 is 10.0 Å². The Morgan fingerprint density at radius 1 is 1.10 bits per heavy atom. The van der Waals surface area contributed by atoms with Crippen LogP contribution in [0.25, 0.3) is 0 Å². The van der Waals surface area contributed by atoms with Crippen LogP contribution in [-0.2, 0) is 10.0 Å². The minimum atomic E-state index is -3.68. The molecule has 1 N–H and O–H groups in total. The van der Waals surface area contributed by atoms with Gasteiger partial charge < -0.3 is 4.74 Å². The van der Waals surface area contributed by atoms with Crippen LogP contribution in [-0.4, -0.2) is 15.5 Å². The number of rotatable bonds is 4. The summed E-state index contributed by atoms with van der Waals surface area (Å²) in [6, 6.07) is 10.0. The number of halogens is 1. The molecule has 112 valence electrons. The fraction of sp³-hybridized carbons (Fsp3) is 0.200. The Balaban J connectivity index is 2.47. The van der Waals surface area contributed by atoms with Gasteiger partial charge in [0.15, 0.2) is 0 Å². The van der Waals surface area contributed by atoms with E-state index in [4.69, 9.17) is 16.3 Å². The Bertz CT molecular complexity index is 772. The first-order chi connectivity index (χ1) is 9.85. The molecule has 0 bridgehead atoms. The molecule has 2 aromatic rings. The predicted molar refractivity (Wildman–Crippen MR) is 84.7 cm³/mol. The van der Waals surface area contributed by atoms with Gasteiger partial charge in [-0.1, -0.05) is 29.8 Å². The summed E-state index contributed by atoms with van der Waals surface area (Å²) in [6.07, 6.45) is 0. The summed E-state index contributed by atoms with van der Waals surface area (Å²) in [5.74, 6) is 0.378. The molecule has 0 aliphatic carbocycles. The second kappa shape index (κ2) is 5.95. The van der Waals surface area contributed by atoms with Crippen LogP contribution in [0.1, 0.15) is 11.1 Å². The molecule has 0 saturated carbocycles. The molecule has 2 rings (SSSR count). The molecule has 21 heavy (non-hydrogen) atoms. The minimum absolute atomic E-state index is 0.236. The third kappa shape index (κ3) is 3.31. The molecule has 0 aliphatic rings. The van der Waals surface area contributed by atoms with Crippen LogP contribution >= 0.6 is 11.6 Å². The van der Waals surface area contributed by atoms with Crippen LogP contribution in [0.4, 0.5) is 5.69 Å². The molecule has 0 radical (unpaired) electrons. The zero-order valence-electron chi connectivity index (χ0n) is 12.0. The van der Waals surface area contributed by atoms with Gasteiger partial charge in [0.2, 0.25) is 0 Å². The van der Waals surface area contributed by atoms with Crippen molar-refractivity contribution in [3.8, 4) is 5.75 Å². The van der Waals surface area contributed by atoms with Crippen molar-refractivity contribution in [3.63, 3.8) is 0 Å². The van der Waals surface area contributed by atoms with E-state index in [9.17, 15) is 8.42 Å². The SMILES string of the molecule is COc1cc(Cl)c(C)cc1NS(=O)(=O)c1ccccc1C. The number of aryl methyl sites for hydroxylation is 2. The lowest BCUT2D eigenvalue weighted by molar-refractivity contribution is 0.417. The molecular weight excluding hydrogens is 310 g/mol. The molecule has 0 aromatic heterocycles. The van der Waals surface area contributed by atoms with Crippen LogP contribution in [0.3, 0.4) is 0 Å². The second-order valence-corrected chi connectivity index (χ2v) is 6.73. The first-order valence-corrected chi connectivity index (χ1v) is 8.14. The highest BCUT2D eigenvalue weighted by Crippen LogP contribution is 2.32. The Kier molecular flexibility index (Phi) is 4.44. The average molecular weight is 326 g/mol. The minimum Gasteiger partial charge on any atom is -0.495 e. The Hall–Kier alpha value is -1.72. The summed E-state index contributed by atoms with van der Waals surface area (Å²) in [7, 11) is -2.21. The maximum atomic E-state index is 12.5. The number of ether oxygens (including phenoxy) is 1. The molecule has 0 amide bonds. The van der Waals surface area contributed by atoms with Crippen LogP contribution in [0.2, 0.25) is 5.02 Å². The standard InChI is InChI=1S/C15H16ClNO3S/c1-10-6-4-5-7-15(10)21(18,19)17-13-8-11(2)12(16)9-14(13)20-3/h4-9,17H,1-3H3. The molecule has 6 heteroatoms. The molecular formula is C15H16ClNO3S. The summed E-state index contributed by atoms with van der Waals surface area (Å²) >= 11 is 6.02. The number of nitrogens with one attached hydrogen (secondary N) is 1. The van der Waals surface area contributed by atoms with Crippen LogP contribution in [0.15, 0.2) is 41.3 Å². The van der Waals surface area contributed by atoms with Gasteiger partial charge in [-0.05, 0) is 37.1 Å². The predicted octanol–water partition coefficient (Wildman–Crippen LogP) is 3.77. The molecule has 0 fully saturated rings. The van der Waals surface area contributed by atoms with E-state index in [1.165, 1.54) is 7.11 Å². The smallest absolute Gasteiger partial charge is 0.262 e. The fourth-order valence-corrected chi connectivity index (χ4v) is 3.43. The van der Waals surface area contributed by atoms with Gasteiger partial charge in [0.1, 0.15) is 5.75 Å². The van der Waals surface area contributed by atoms with Gasteiger partial charge in [-0.25, -0.2) is 8.42 Å². The van der Waals surface area contributed by atoms with Crippen LogP contribution in [0.5, 0.6) is 5.75 Å². The normalized spacial score (nSPS) is 11.2. The van der Waals surface area contributed by atoms with Crippen molar-refractivity contribution in [3.05, 3.63) is 52.5 Å². The summed E-state index contributed by atoms with van der Waals surface area (Å²) < 4.78 is 32.7. The fourth-order valence-electron chi connectivity index (χ4n) is 1.97. The average Bonchev–Trinajstić information content (AvgIpc) is 2.42. The molecule has 2 aromatic carbocycles. The quantitative estimate of drug-likeness (QED) is 0.931. The van der Waals surface area contributed by atoms with Crippen molar-refractivity contribution in [2.75, 3.05) is 11.8 Å². The van der Waals surface area contributed by atoms with Crippen LogP contribution in [0, 0.1) is 13.8 Å². The Labute approximate surface area is 129 Å².